The maximum Gasteiger partial charge on any atom is 0.432 e. The van der Waals surface area contributed by atoms with Crippen LogP contribution in [0.15, 0.2) is 6.20 Å². The molecule has 6 nitrogen and oxygen atoms in total. The van der Waals surface area contributed by atoms with Crippen molar-refractivity contribution in [3.8, 4) is 0 Å². The lowest BCUT2D eigenvalue weighted by Gasteiger charge is -2.18. The van der Waals surface area contributed by atoms with Crippen molar-refractivity contribution in [1.29, 1.82) is 0 Å². The first-order valence-electron chi connectivity index (χ1n) is 4.24. The maximum atomic E-state index is 10.3. The molecule has 14 heavy (non-hydrogen) atoms. The Hall–Kier alpha value is -1.43. The summed E-state index contributed by atoms with van der Waals surface area (Å²) in [5.41, 5.74) is 0.371. The molecule has 0 unspecified atom stereocenters. The summed E-state index contributed by atoms with van der Waals surface area (Å²) in [6.07, 6.45) is 1.96. The summed E-state index contributed by atoms with van der Waals surface area (Å²) in [6.45, 7) is 3.78. The topological polar surface area (TPSA) is 92.1 Å². The normalized spacial score (nSPS) is 11.6. The van der Waals surface area contributed by atoms with E-state index in [1.807, 2.05) is 13.8 Å². The van der Waals surface area contributed by atoms with Crippen molar-refractivity contribution in [3.63, 3.8) is 0 Å². The summed E-state index contributed by atoms with van der Waals surface area (Å²) in [5, 5.41) is 19.3. The van der Waals surface area contributed by atoms with Crippen molar-refractivity contribution < 1.29 is 10.0 Å². The molecule has 0 amide bonds. The number of aliphatic hydroxyl groups is 1. The van der Waals surface area contributed by atoms with E-state index in [0.717, 1.165) is 0 Å². The number of aromatic nitrogens is 2. The van der Waals surface area contributed by atoms with Crippen molar-refractivity contribution in [3.05, 3.63) is 22.0 Å². The highest BCUT2D eigenvalue weighted by Crippen LogP contribution is 2.20. The molecular weight excluding hydrogens is 186 g/mol. The lowest BCUT2D eigenvalue weighted by molar-refractivity contribution is -0.393. The number of nitrogens with zero attached hydrogens (tertiary/aromatic N) is 2. The zero-order chi connectivity index (χ0) is 10.8. The molecule has 0 aliphatic heterocycles. The number of nitro groups is 1. The van der Waals surface area contributed by atoms with Crippen molar-refractivity contribution in [2.45, 2.75) is 20.3 Å². The van der Waals surface area contributed by atoms with Crippen LogP contribution in [0, 0.1) is 15.5 Å². The average Bonchev–Trinajstić information content (AvgIpc) is 2.52. The second-order valence-electron chi connectivity index (χ2n) is 3.99. The minimum absolute atomic E-state index is 0.0276. The lowest BCUT2D eigenvalue weighted by atomic mass is 9.89. The van der Waals surface area contributed by atoms with Gasteiger partial charge in [0.1, 0.15) is 11.9 Å². The van der Waals surface area contributed by atoms with E-state index in [0.29, 0.717) is 12.1 Å². The fourth-order valence-electron chi connectivity index (χ4n) is 1.10. The van der Waals surface area contributed by atoms with E-state index in [1.54, 1.807) is 0 Å². The molecule has 0 spiro atoms. The molecule has 0 saturated heterocycles. The van der Waals surface area contributed by atoms with Crippen LogP contribution in [0.25, 0.3) is 0 Å². The number of nitrogens with one attached hydrogen (secondary N) is 1. The van der Waals surface area contributed by atoms with Crippen molar-refractivity contribution in [1.82, 2.24) is 9.97 Å². The van der Waals surface area contributed by atoms with Crippen LogP contribution >= 0.6 is 0 Å². The molecule has 0 bridgehead atoms. The highest BCUT2D eigenvalue weighted by atomic mass is 16.6. The molecule has 0 fully saturated rings. The van der Waals surface area contributed by atoms with Gasteiger partial charge in [-0.05, 0) is 10.3 Å². The quantitative estimate of drug-likeness (QED) is 0.556. The summed E-state index contributed by atoms with van der Waals surface area (Å²) in [6, 6.07) is 0. The van der Waals surface area contributed by atoms with Gasteiger partial charge in [0.2, 0.25) is 0 Å². The number of hydrogen-bond donors (Lipinski definition) is 2. The van der Waals surface area contributed by atoms with Gasteiger partial charge >= 0.3 is 5.95 Å². The van der Waals surface area contributed by atoms with Gasteiger partial charge in [0.25, 0.3) is 0 Å². The standard InChI is InChI=1S/C8H13N3O3/c1-8(2,5-12)3-6-4-9-7(10-6)11(13)14/h4,12H,3,5H2,1-2H3,(H,9,10). The Bertz CT molecular complexity index is 332. The fourth-order valence-corrected chi connectivity index (χ4v) is 1.10. The molecule has 1 heterocycles. The van der Waals surface area contributed by atoms with E-state index in [2.05, 4.69) is 9.97 Å². The molecule has 0 atom stereocenters. The highest BCUT2D eigenvalue weighted by Gasteiger charge is 2.21. The highest BCUT2D eigenvalue weighted by molar-refractivity contribution is 5.11. The van der Waals surface area contributed by atoms with Gasteiger partial charge in [-0.1, -0.05) is 18.8 Å². The first-order chi connectivity index (χ1) is 6.44. The third-order valence-electron chi connectivity index (χ3n) is 1.89. The van der Waals surface area contributed by atoms with Gasteiger partial charge in [0.05, 0.1) is 0 Å². The van der Waals surface area contributed by atoms with Gasteiger partial charge in [-0.15, -0.1) is 0 Å². The molecule has 0 saturated carbocycles. The molecule has 0 radical (unpaired) electrons. The SMILES string of the molecule is CC(C)(CO)Cc1cnc([N+](=O)[O-])[nH]1. The van der Waals surface area contributed by atoms with E-state index in [1.165, 1.54) is 6.20 Å². The van der Waals surface area contributed by atoms with Crippen LogP contribution in [-0.4, -0.2) is 26.6 Å². The second-order valence-corrected chi connectivity index (χ2v) is 3.99. The largest absolute Gasteiger partial charge is 0.432 e. The summed E-state index contributed by atoms with van der Waals surface area (Å²) in [5.74, 6) is -0.256. The average molecular weight is 199 g/mol. The van der Waals surface area contributed by atoms with Crippen LogP contribution in [-0.2, 0) is 6.42 Å². The Labute approximate surface area is 81.1 Å². The summed E-state index contributed by atoms with van der Waals surface area (Å²) >= 11 is 0. The van der Waals surface area contributed by atoms with Crippen LogP contribution in [0.1, 0.15) is 19.5 Å². The Morgan fingerprint density at radius 3 is 2.79 bits per heavy atom. The van der Waals surface area contributed by atoms with Crippen LogP contribution in [0.4, 0.5) is 5.95 Å². The molecule has 1 rings (SSSR count). The van der Waals surface area contributed by atoms with Crippen molar-refractivity contribution in [2.24, 2.45) is 5.41 Å². The number of aliphatic hydroxyl groups excluding tert-OH is 1. The van der Waals surface area contributed by atoms with E-state index < -0.39 is 4.92 Å². The molecule has 0 aliphatic carbocycles. The zero-order valence-corrected chi connectivity index (χ0v) is 8.15. The monoisotopic (exact) mass is 199 g/mol. The maximum absolute atomic E-state index is 10.3. The van der Waals surface area contributed by atoms with Crippen LogP contribution in [0.2, 0.25) is 0 Å². The fraction of sp³-hybridized carbons (Fsp3) is 0.625. The molecular formula is C8H13N3O3. The molecule has 0 aliphatic rings. The van der Waals surface area contributed by atoms with Crippen molar-refractivity contribution >= 4 is 5.95 Å². The smallest absolute Gasteiger partial charge is 0.396 e. The summed E-state index contributed by atoms with van der Waals surface area (Å²) < 4.78 is 0. The van der Waals surface area contributed by atoms with Crippen LogP contribution in [0.3, 0.4) is 0 Å². The Morgan fingerprint density at radius 2 is 2.36 bits per heavy atom. The third-order valence-corrected chi connectivity index (χ3v) is 1.89. The van der Waals surface area contributed by atoms with Gasteiger partial charge in [-0.25, -0.2) is 4.98 Å². The summed E-state index contributed by atoms with van der Waals surface area (Å²) in [7, 11) is 0. The van der Waals surface area contributed by atoms with E-state index in [4.69, 9.17) is 5.11 Å². The van der Waals surface area contributed by atoms with E-state index in [9.17, 15) is 10.1 Å². The first-order valence-corrected chi connectivity index (χ1v) is 4.24. The predicted molar refractivity (Wildman–Crippen MR) is 49.8 cm³/mol. The molecule has 6 heteroatoms. The van der Waals surface area contributed by atoms with Gasteiger partial charge in [0.15, 0.2) is 0 Å². The van der Waals surface area contributed by atoms with Gasteiger partial charge < -0.3 is 15.2 Å². The molecule has 1 aromatic heterocycles. The second kappa shape index (κ2) is 3.75. The first kappa shape index (κ1) is 10.6. The lowest BCUT2D eigenvalue weighted by Crippen LogP contribution is -2.19. The van der Waals surface area contributed by atoms with Crippen molar-refractivity contribution in [2.75, 3.05) is 6.61 Å². The number of H-pyrrole nitrogens is 1. The summed E-state index contributed by atoms with van der Waals surface area (Å²) in [4.78, 5) is 15.9. The number of aromatic amines is 1. The van der Waals surface area contributed by atoms with Gasteiger partial charge in [0, 0.05) is 13.0 Å². The van der Waals surface area contributed by atoms with Gasteiger partial charge in [-0.3, -0.25) is 0 Å². The number of hydrogen-bond acceptors (Lipinski definition) is 4. The number of rotatable bonds is 4. The zero-order valence-electron chi connectivity index (χ0n) is 8.15. The Balaban J connectivity index is 2.73. The van der Waals surface area contributed by atoms with E-state index in [-0.39, 0.29) is 18.0 Å². The van der Waals surface area contributed by atoms with E-state index >= 15 is 0 Å². The molecule has 1 aromatic rings. The van der Waals surface area contributed by atoms with Crippen LogP contribution < -0.4 is 0 Å². The predicted octanol–water partition coefficient (Wildman–Crippen LogP) is 0.879. The van der Waals surface area contributed by atoms with Crippen LogP contribution in [0.5, 0.6) is 0 Å². The molecule has 0 aromatic carbocycles. The Kier molecular flexibility index (Phi) is 2.85. The molecule has 2 N–H and O–H groups in total. The minimum Gasteiger partial charge on any atom is -0.396 e. The molecule has 78 valence electrons. The third kappa shape index (κ3) is 2.53. The Morgan fingerprint density at radius 1 is 1.71 bits per heavy atom. The number of imidazole rings is 1. The minimum atomic E-state index is -0.574. The van der Waals surface area contributed by atoms with Gasteiger partial charge in [-0.2, -0.15) is 0 Å².